The Morgan fingerprint density at radius 2 is 1.86 bits per heavy atom. The van der Waals surface area contributed by atoms with E-state index in [1.807, 2.05) is 28.8 Å². The Bertz CT molecular complexity index is 1340. The van der Waals surface area contributed by atoms with Crippen LogP contribution in [-0.2, 0) is 17.6 Å². The smallest absolute Gasteiger partial charge is 0.268 e. The maximum absolute atomic E-state index is 11.7. The van der Waals surface area contributed by atoms with Crippen molar-refractivity contribution in [2.45, 2.75) is 64.5 Å². The van der Waals surface area contributed by atoms with Gasteiger partial charge in [0.25, 0.3) is 5.91 Å². The molecule has 0 bridgehead atoms. The fourth-order valence-corrected chi connectivity index (χ4v) is 5.02. The summed E-state index contributed by atoms with van der Waals surface area (Å²) in [6, 6.07) is 18.5. The fraction of sp³-hybridized carbons (Fsp3) is 0.379. The zero-order chi connectivity index (χ0) is 26.6. The summed E-state index contributed by atoms with van der Waals surface area (Å²) in [7, 11) is -1.95. The van der Waals surface area contributed by atoms with Crippen molar-refractivity contribution in [1.29, 1.82) is 0 Å². The summed E-state index contributed by atoms with van der Waals surface area (Å²) >= 11 is 0. The number of primary amides is 1. The van der Waals surface area contributed by atoms with Crippen LogP contribution < -0.4 is 10.5 Å². The van der Waals surface area contributed by atoms with E-state index in [0.717, 1.165) is 29.8 Å². The summed E-state index contributed by atoms with van der Waals surface area (Å²) in [6.45, 7) is 13.1. The van der Waals surface area contributed by atoms with Gasteiger partial charge in [-0.25, -0.2) is 4.98 Å². The van der Waals surface area contributed by atoms with Crippen LogP contribution in [0.1, 0.15) is 49.3 Å². The molecule has 0 aliphatic rings. The van der Waals surface area contributed by atoms with Crippen molar-refractivity contribution in [3.05, 3.63) is 84.6 Å². The number of fused-ring (bicyclic) bond motifs is 1. The molecule has 4 aromatic rings. The lowest BCUT2D eigenvalue weighted by molar-refractivity contribution is 0.0995. The van der Waals surface area contributed by atoms with Gasteiger partial charge in [0.15, 0.2) is 8.32 Å². The topological polar surface area (TPSA) is 84.3 Å². The van der Waals surface area contributed by atoms with Crippen molar-refractivity contribution in [1.82, 2.24) is 14.1 Å². The van der Waals surface area contributed by atoms with Crippen molar-refractivity contribution >= 4 is 25.1 Å². The van der Waals surface area contributed by atoms with Gasteiger partial charge in [-0.1, -0.05) is 51.1 Å². The van der Waals surface area contributed by atoms with E-state index in [9.17, 15) is 4.79 Å². The van der Waals surface area contributed by atoms with Crippen molar-refractivity contribution in [3.8, 4) is 5.75 Å². The zero-order valence-corrected chi connectivity index (χ0v) is 23.5. The average Bonchev–Trinajstić information content (AvgIpc) is 3.50. The molecule has 2 aromatic carbocycles. The molecule has 1 amide bonds. The molecule has 0 saturated heterocycles. The summed E-state index contributed by atoms with van der Waals surface area (Å²) in [5.74, 6) is 0.317. The van der Waals surface area contributed by atoms with Gasteiger partial charge in [0, 0.05) is 25.0 Å². The number of rotatable bonds is 11. The van der Waals surface area contributed by atoms with Gasteiger partial charge in [0.05, 0.1) is 24.5 Å². The SMILES string of the molecule is CC(C)(C)[Si](C)(C)OCC(CCn1ccc2ccc(OCc3ccccc3)cc21)n1cnc(C(N)=O)c1. The molecule has 0 saturated carbocycles. The number of hydrogen-bond acceptors (Lipinski definition) is 4. The Labute approximate surface area is 220 Å². The standard InChI is InChI=1S/C29H38N4O3Si/c1-29(2,3)37(4,5)36-20-24(33-18-26(28(30)34)31-21-33)14-16-32-15-13-23-11-12-25(17-27(23)32)35-19-22-9-7-6-8-10-22/h6-13,15,17-18,21,24H,14,16,19-20H2,1-5H3,(H2,30,34). The third kappa shape index (κ3) is 6.50. The lowest BCUT2D eigenvalue weighted by Gasteiger charge is -2.37. The first-order chi connectivity index (χ1) is 17.5. The summed E-state index contributed by atoms with van der Waals surface area (Å²) in [6.07, 6.45) is 6.33. The number of aryl methyl sites for hydroxylation is 1. The molecule has 7 nitrogen and oxygen atoms in total. The lowest BCUT2D eigenvalue weighted by Crippen LogP contribution is -2.42. The van der Waals surface area contributed by atoms with E-state index >= 15 is 0 Å². The molecule has 0 fully saturated rings. The lowest BCUT2D eigenvalue weighted by atomic mass is 10.2. The summed E-state index contributed by atoms with van der Waals surface area (Å²) in [5.41, 5.74) is 7.99. The van der Waals surface area contributed by atoms with Crippen molar-refractivity contribution in [2.24, 2.45) is 5.73 Å². The van der Waals surface area contributed by atoms with Crippen molar-refractivity contribution in [3.63, 3.8) is 0 Å². The Morgan fingerprint density at radius 3 is 2.54 bits per heavy atom. The first-order valence-corrected chi connectivity index (χ1v) is 15.7. The van der Waals surface area contributed by atoms with Crippen LogP contribution in [-0.4, -0.2) is 34.9 Å². The minimum atomic E-state index is -1.95. The van der Waals surface area contributed by atoms with E-state index in [1.54, 1.807) is 12.5 Å². The van der Waals surface area contributed by atoms with Crippen LogP contribution in [0.2, 0.25) is 18.1 Å². The molecule has 1 unspecified atom stereocenters. The third-order valence-corrected chi connectivity index (χ3v) is 11.9. The van der Waals surface area contributed by atoms with Crippen molar-refractivity contribution < 1.29 is 14.0 Å². The predicted octanol–water partition coefficient (Wildman–Crippen LogP) is 6.17. The molecule has 0 radical (unpaired) electrons. The fourth-order valence-electron chi connectivity index (χ4n) is 3.98. The van der Waals surface area contributed by atoms with Gasteiger partial charge < -0.3 is 24.0 Å². The zero-order valence-electron chi connectivity index (χ0n) is 22.5. The van der Waals surface area contributed by atoms with Crippen LogP contribution in [0.4, 0.5) is 0 Å². The minimum Gasteiger partial charge on any atom is -0.489 e. The molecule has 37 heavy (non-hydrogen) atoms. The summed E-state index contributed by atoms with van der Waals surface area (Å²) < 4.78 is 16.9. The highest BCUT2D eigenvalue weighted by Gasteiger charge is 2.37. The third-order valence-electron chi connectivity index (χ3n) is 7.42. The van der Waals surface area contributed by atoms with Crippen LogP contribution in [0.5, 0.6) is 5.75 Å². The van der Waals surface area contributed by atoms with E-state index in [2.05, 4.69) is 79.9 Å². The first kappa shape index (κ1) is 26.7. The quantitative estimate of drug-likeness (QED) is 0.241. The van der Waals surface area contributed by atoms with E-state index < -0.39 is 14.2 Å². The van der Waals surface area contributed by atoms with Gasteiger partial charge >= 0.3 is 0 Å². The van der Waals surface area contributed by atoms with Gasteiger partial charge in [0.2, 0.25) is 0 Å². The molecule has 8 heteroatoms. The highest BCUT2D eigenvalue weighted by atomic mass is 28.4. The number of carbonyl (C=O) groups is 1. The van der Waals surface area contributed by atoms with Crippen LogP contribution >= 0.6 is 0 Å². The molecule has 0 aliphatic carbocycles. The highest BCUT2D eigenvalue weighted by molar-refractivity contribution is 6.74. The maximum atomic E-state index is 11.7. The Balaban J connectivity index is 1.50. The second kappa shape index (κ2) is 10.9. The second-order valence-corrected chi connectivity index (χ2v) is 15.9. The number of aromatic nitrogens is 3. The van der Waals surface area contributed by atoms with Crippen molar-refractivity contribution in [2.75, 3.05) is 6.61 Å². The molecule has 1 atom stereocenters. The molecular weight excluding hydrogens is 480 g/mol. The molecule has 196 valence electrons. The van der Waals surface area contributed by atoms with Crippen LogP contribution in [0, 0.1) is 0 Å². The van der Waals surface area contributed by atoms with Gasteiger partial charge in [-0.15, -0.1) is 0 Å². The molecule has 2 N–H and O–H groups in total. The first-order valence-electron chi connectivity index (χ1n) is 12.8. The molecule has 2 aromatic heterocycles. The van der Waals surface area contributed by atoms with E-state index in [4.69, 9.17) is 14.9 Å². The van der Waals surface area contributed by atoms with E-state index in [1.165, 1.54) is 5.39 Å². The number of benzene rings is 2. The van der Waals surface area contributed by atoms with Crippen LogP contribution in [0.25, 0.3) is 10.9 Å². The number of nitrogens with zero attached hydrogens (tertiary/aromatic N) is 3. The van der Waals surface area contributed by atoms with Gasteiger partial charge in [-0.05, 0) is 53.7 Å². The number of imidazole rings is 1. The molecule has 4 rings (SSSR count). The van der Waals surface area contributed by atoms with Crippen LogP contribution in [0.3, 0.4) is 0 Å². The van der Waals surface area contributed by atoms with Gasteiger partial charge in [0.1, 0.15) is 18.1 Å². The van der Waals surface area contributed by atoms with Gasteiger partial charge in [-0.2, -0.15) is 0 Å². The number of carbonyl (C=O) groups excluding carboxylic acids is 1. The normalized spacial score (nSPS) is 13.1. The van der Waals surface area contributed by atoms with E-state index in [0.29, 0.717) is 13.2 Å². The molecule has 2 heterocycles. The molecule has 0 spiro atoms. The van der Waals surface area contributed by atoms with Gasteiger partial charge in [-0.3, -0.25) is 4.79 Å². The monoisotopic (exact) mass is 518 g/mol. The molecular formula is C29H38N4O3Si. The number of ether oxygens (including phenoxy) is 1. The Hall–Kier alpha value is -3.36. The Kier molecular flexibility index (Phi) is 7.89. The maximum Gasteiger partial charge on any atom is 0.268 e. The average molecular weight is 519 g/mol. The van der Waals surface area contributed by atoms with E-state index in [-0.39, 0.29) is 16.8 Å². The number of nitrogens with two attached hydrogens (primary N) is 1. The largest absolute Gasteiger partial charge is 0.489 e. The number of amides is 1. The Morgan fingerprint density at radius 1 is 1.11 bits per heavy atom. The van der Waals surface area contributed by atoms with Crippen LogP contribution in [0.15, 0.2) is 73.3 Å². The second-order valence-electron chi connectivity index (χ2n) is 11.1. The highest BCUT2D eigenvalue weighted by Crippen LogP contribution is 2.37. The minimum absolute atomic E-state index is 0.0182. The predicted molar refractivity (Wildman–Crippen MR) is 150 cm³/mol. The molecule has 0 aliphatic heterocycles. The number of hydrogen-bond donors (Lipinski definition) is 1. The summed E-state index contributed by atoms with van der Waals surface area (Å²) in [4.78, 5) is 15.9. The summed E-state index contributed by atoms with van der Waals surface area (Å²) in [5, 5.41) is 1.28.